The van der Waals surface area contributed by atoms with Gasteiger partial charge in [0.15, 0.2) is 0 Å². The van der Waals surface area contributed by atoms with Gasteiger partial charge in [0.05, 0.1) is 12.4 Å². The monoisotopic (exact) mass is 546 g/mol. The molecular weight excluding hydrogens is 517 g/mol. The molecule has 184 valence electrons. The minimum atomic E-state index is -5.15. The van der Waals surface area contributed by atoms with Gasteiger partial charge in [-0.05, 0) is 43.9 Å². The summed E-state index contributed by atoms with van der Waals surface area (Å²) in [7, 11) is -5.15. The van der Waals surface area contributed by atoms with Crippen LogP contribution >= 0.6 is 0 Å². The van der Waals surface area contributed by atoms with Crippen molar-refractivity contribution in [2.45, 2.75) is 82.3 Å². The number of rotatable bonds is 9. The first-order valence-corrected chi connectivity index (χ1v) is 12.2. The van der Waals surface area contributed by atoms with Gasteiger partial charge >= 0.3 is 94.6 Å². The summed E-state index contributed by atoms with van der Waals surface area (Å²) in [6.45, 7) is 0. The Labute approximate surface area is 271 Å². The number of carbonyl (C=O) groups is 4. The average molecular weight is 546 g/mol. The molecule has 0 heterocycles. The second kappa shape index (κ2) is 18.9. The van der Waals surface area contributed by atoms with E-state index in [9.17, 15) is 47.5 Å². The zero-order valence-electron chi connectivity index (χ0n) is 20.7. The fraction of sp³-hybridized carbons (Fsp3) is 0.800. The Kier molecular flexibility index (Phi) is 21.8. The quantitative estimate of drug-likeness (QED) is 0.205. The van der Waals surface area contributed by atoms with Gasteiger partial charge in [0.2, 0.25) is 0 Å². The summed E-state index contributed by atoms with van der Waals surface area (Å²) in [5.74, 6) is -7.49. The summed E-state index contributed by atoms with van der Waals surface area (Å²) in [4.78, 5) is 43.0. The zero-order chi connectivity index (χ0) is 24.5. The second-order valence-corrected chi connectivity index (χ2v) is 9.87. The third-order valence-corrected chi connectivity index (χ3v) is 7.58. The largest absolute Gasteiger partial charge is 1.00 e. The van der Waals surface area contributed by atoms with E-state index in [4.69, 9.17) is 5.11 Å². The molecule has 1 atom stereocenters. The van der Waals surface area contributed by atoms with Gasteiger partial charge in [-0.25, -0.2) is 0 Å². The van der Waals surface area contributed by atoms with Crippen LogP contribution in [0.3, 0.4) is 0 Å². The molecule has 0 amide bonds. The summed E-state index contributed by atoms with van der Waals surface area (Å²) in [5.41, 5.74) is -2.13. The predicted molar refractivity (Wildman–Crippen MR) is 103 cm³/mol. The molecule has 2 rings (SSSR count). The molecule has 11 nitrogen and oxygen atoms in total. The molecular formula is C20H29Na3O11S. The number of hydrogen-bond donors (Lipinski definition) is 2. The smallest absolute Gasteiger partial charge is 0.550 e. The van der Waals surface area contributed by atoms with Crippen molar-refractivity contribution in [3.63, 3.8) is 0 Å². The van der Waals surface area contributed by atoms with Crippen LogP contribution < -0.4 is 104 Å². The van der Waals surface area contributed by atoms with Gasteiger partial charge in [-0.15, -0.1) is 0 Å². The van der Waals surface area contributed by atoms with Crippen LogP contribution in [-0.2, 0) is 29.3 Å². The van der Waals surface area contributed by atoms with Crippen molar-refractivity contribution in [1.29, 1.82) is 0 Å². The van der Waals surface area contributed by atoms with Crippen LogP contribution in [0.15, 0.2) is 0 Å². The first kappa shape index (κ1) is 40.3. The Morgan fingerprint density at radius 3 is 1.34 bits per heavy atom. The van der Waals surface area contributed by atoms with E-state index < -0.39 is 62.9 Å². The molecule has 2 saturated carbocycles. The molecule has 35 heavy (non-hydrogen) atoms. The van der Waals surface area contributed by atoms with E-state index in [0.29, 0.717) is 51.4 Å². The summed E-state index contributed by atoms with van der Waals surface area (Å²) < 4.78 is 33.3. The molecule has 15 heteroatoms. The van der Waals surface area contributed by atoms with Crippen LogP contribution in [0.4, 0.5) is 0 Å². The zero-order valence-corrected chi connectivity index (χ0v) is 27.5. The van der Waals surface area contributed by atoms with Crippen molar-refractivity contribution in [3.05, 3.63) is 0 Å². The van der Waals surface area contributed by atoms with Crippen molar-refractivity contribution in [3.8, 4) is 0 Å². The van der Waals surface area contributed by atoms with Gasteiger partial charge < -0.3 is 34.8 Å². The molecule has 0 aromatic heterocycles. The van der Waals surface area contributed by atoms with Crippen LogP contribution in [-0.4, -0.2) is 47.2 Å². The number of carboxylic acid groups (broad SMARTS) is 4. The molecule has 2 aliphatic carbocycles. The van der Waals surface area contributed by atoms with Crippen molar-refractivity contribution >= 4 is 34.0 Å². The van der Waals surface area contributed by atoms with Gasteiger partial charge in [-0.1, -0.05) is 38.5 Å². The standard InChI is InChI=1S/C16H26O7S.C4H6O4.3Na/c17-14(18)13(24(21,22)23)16(15(19)20,11-7-3-1-4-8-11)12-9-5-2-6-10-12;5-3(6)1-2-4(7)8;;;/h11-13H,1-10H2,(H,17,18)(H,19,20)(H,21,22,23);1-2H2,(H,5,6)(H,7,8);;;/q;;3*+1/p-3. The van der Waals surface area contributed by atoms with Gasteiger partial charge in [-0.2, -0.15) is 8.42 Å². The summed E-state index contributed by atoms with van der Waals surface area (Å²) >= 11 is 0. The maximum Gasteiger partial charge on any atom is 1.00 e. The first-order valence-electron chi connectivity index (χ1n) is 10.6. The van der Waals surface area contributed by atoms with E-state index in [-0.39, 0.29) is 95.1 Å². The molecule has 0 saturated heterocycles. The SMILES string of the molecule is O=C([O-])C(C(C(=O)[O-])(C1CCCCC1)C1CCCCC1)S(=O)(=O)O.O=C([O-])CCC(=O)O.[Na+].[Na+].[Na+]. The molecule has 0 aromatic carbocycles. The predicted octanol–water partition coefficient (Wildman–Crippen LogP) is -10.5. The van der Waals surface area contributed by atoms with Crippen molar-refractivity contribution in [1.82, 2.24) is 0 Å². The minimum absolute atomic E-state index is 0. The van der Waals surface area contributed by atoms with Crippen molar-refractivity contribution < 1.29 is 141 Å². The molecule has 0 spiro atoms. The Morgan fingerprint density at radius 2 is 1.14 bits per heavy atom. The molecule has 2 aliphatic rings. The van der Waals surface area contributed by atoms with Crippen molar-refractivity contribution in [2.75, 3.05) is 0 Å². The average Bonchev–Trinajstić information content (AvgIpc) is 2.70. The van der Waals surface area contributed by atoms with E-state index in [1.165, 1.54) is 0 Å². The third-order valence-electron chi connectivity index (χ3n) is 6.40. The number of carbonyl (C=O) groups excluding carboxylic acids is 3. The maximum absolute atomic E-state index is 12.2. The van der Waals surface area contributed by atoms with Gasteiger partial charge in [0.1, 0.15) is 5.25 Å². The Morgan fingerprint density at radius 1 is 0.771 bits per heavy atom. The van der Waals surface area contributed by atoms with Gasteiger partial charge in [0, 0.05) is 17.4 Å². The number of carboxylic acids is 4. The van der Waals surface area contributed by atoms with Gasteiger partial charge in [-0.3, -0.25) is 9.35 Å². The third kappa shape index (κ3) is 12.0. The summed E-state index contributed by atoms with van der Waals surface area (Å²) in [5, 5.41) is 38.8. The number of aliphatic carboxylic acids is 4. The van der Waals surface area contributed by atoms with Crippen LogP contribution in [0.5, 0.6) is 0 Å². The Bertz CT molecular complexity index is 760. The van der Waals surface area contributed by atoms with Crippen molar-refractivity contribution in [2.24, 2.45) is 17.3 Å². The second-order valence-electron chi connectivity index (χ2n) is 8.37. The van der Waals surface area contributed by atoms with Crippen LogP contribution in [0.2, 0.25) is 0 Å². The number of hydrogen-bond acceptors (Lipinski definition) is 9. The van der Waals surface area contributed by atoms with E-state index in [1.54, 1.807) is 0 Å². The fourth-order valence-corrected chi connectivity index (χ4v) is 6.35. The first-order chi connectivity index (χ1) is 14.8. The van der Waals surface area contributed by atoms with E-state index in [2.05, 4.69) is 0 Å². The molecule has 0 aromatic rings. The topological polar surface area (TPSA) is 212 Å². The van der Waals surface area contributed by atoms with E-state index >= 15 is 0 Å². The molecule has 2 fully saturated rings. The van der Waals surface area contributed by atoms with Gasteiger partial charge in [0.25, 0.3) is 10.1 Å². The van der Waals surface area contributed by atoms with E-state index in [0.717, 1.165) is 12.8 Å². The summed E-state index contributed by atoms with van der Waals surface area (Å²) in [6.07, 6.45) is 5.53. The Balaban J connectivity index is -0.000000810. The molecule has 2 N–H and O–H groups in total. The van der Waals surface area contributed by atoms with Crippen LogP contribution in [0, 0.1) is 17.3 Å². The van der Waals surface area contributed by atoms with Crippen LogP contribution in [0.25, 0.3) is 0 Å². The molecule has 1 unspecified atom stereocenters. The molecule has 0 radical (unpaired) electrons. The maximum atomic E-state index is 12.2. The van der Waals surface area contributed by atoms with E-state index in [1.807, 2.05) is 0 Å². The summed E-state index contributed by atoms with van der Waals surface area (Å²) in [6, 6.07) is 0. The minimum Gasteiger partial charge on any atom is -0.550 e. The molecule has 0 bridgehead atoms. The van der Waals surface area contributed by atoms with Crippen LogP contribution in [0.1, 0.15) is 77.0 Å². The normalized spacial score (nSPS) is 17.6. The fourth-order valence-electron chi connectivity index (χ4n) is 5.13. The molecule has 0 aliphatic heterocycles. The Hall–Kier alpha value is 0.790.